The van der Waals surface area contributed by atoms with E-state index in [0.717, 1.165) is 0 Å². The van der Waals surface area contributed by atoms with Gasteiger partial charge in [0.05, 0.1) is 0 Å². The minimum Gasteiger partial charge on any atom is -0.459 e. The number of esters is 1. The summed E-state index contributed by atoms with van der Waals surface area (Å²) in [5, 5.41) is 37.2. The van der Waals surface area contributed by atoms with Crippen LogP contribution < -0.4 is 4.74 Å². The highest BCUT2D eigenvalue weighted by molar-refractivity contribution is 6.25. The fraction of sp³-hybridized carbons (Fsp3) is 0.450. The van der Waals surface area contributed by atoms with Gasteiger partial charge in [-0.15, -0.1) is 0 Å². The van der Waals surface area contributed by atoms with Crippen molar-refractivity contribution in [2.75, 3.05) is 13.7 Å². The highest BCUT2D eigenvalue weighted by Gasteiger charge is 2.44. The number of hydrogen-bond donors (Lipinski definition) is 4. The number of hydrogen-bond acceptors (Lipinski definition) is 9. The van der Waals surface area contributed by atoms with Crippen molar-refractivity contribution in [3.05, 3.63) is 53.8 Å². The van der Waals surface area contributed by atoms with Crippen molar-refractivity contribution in [1.82, 2.24) is 0 Å². The fourth-order valence-corrected chi connectivity index (χ4v) is 3.30. The molecule has 2 aliphatic rings. The van der Waals surface area contributed by atoms with Crippen LogP contribution in [-0.2, 0) is 19.0 Å². The third kappa shape index (κ3) is 4.84. The van der Waals surface area contributed by atoms with Gasteiger partial charge in [-0.05, 0) is 24.3 Å². The van der Waals surface area contributed by atoms with E-state index in [1.54, 1.807) is 24.3 Å². The lowest BCUT2D eigenvalue weighted by atomic mass is 9.99. The molecule has 1 aromatic rings. The second kappa shape index (κ2) is 9.44. The molecular weight excluding hydrogens is 420 g/mol. The number of aliphatic hydroxyl groups is 4. The molecule has 0 radical (unpaired) electrons. The Morgan fingerprint density at radius 3 is 2.50 bits per heavy atom. The van der Waals surface area contributed by atoms with Gasteiger partial charge in [-0.3, -0.25) is 0 Å². The summed E-state index contributed by atoms with van der Waals surface area (Å²) in [6.07, 6.45) is -4.87. The average molecular weight is 443 g/mol. The molecule has 0 aromatic heterocycles. The lowest BCUT2D eigenvalue weighted by Crippen LogP contribution is -2.58. The van der Waals surface area contributed by atoms with Crippen LogP contribution in [-0.4, -0.2) is 75.9 Å². The molecule has 1 aliphatic heterocycles. The molecule has 9 nitrogen and oxygen atoms in total. The third-order valence-electron chi connectivity index (χ3n) is 4.84. The molecule has 4 N–H and O–H groups in total. The zero-order chi connectivity index (χ0) is 21.9. The molecule has 30 heavy (non-hydrogen) atoms. The van der Waals surface area contributed by atoms with Crippen molar-refractivity contribution in [1.29, 1.82) is 0 Å². The number of methoxy groups -OCH3 is 1. The van der Waals surface area contributed by atoms with Gasteiger partial charge in [-0.25, -0.2) is 4.79 Å². The Hall–Kier alpha value is -1.98. The molecule has 3 rings (SSSR count). The molecule has 0 amide bonds. The van der Waals surface area contributed by atoms with Gasteiger partial charge in [0.15, 0.2) is 12.0 Å². The van der Waals surface area contributed by atoms with E-state index >= 15 is 0 Å². The number of carbonyl (C=O) groups excluding carboxylic acids is 1. The second-order valence-electron chi connectivity index (χ2n) is 6.88. The largest absolute Gasteiger partial charge is 0.459 e. The van der Waals surface area contributed by atoms with Gasteiger partial charge in [0.25, 0.3) is 0 Å². The second-order valence-corrected chi connectivity index (χ2v) is 7.49. The van der Waals surface area contributed by atoms with Crippen molar-refractivity contribution in [3.8, 4) is 5.75 Å². The standard InChI is InChI=1S/C20H23ClO9/c1-27-20(21)9-11(7-8-14(20)29-12-5-3-2-4-6-12)18(25)28-10-13-15(22)16(23)17(24)19(26)30-13/h2-8,13,15-17,19,22-24,26H,9-10H2,1H3/t13-,15-,16+,17-,19?,20?/m1/s1. The molecule has 1 heterocycles. The molecule has 0 bridgehead atoms. The first kappa shape index (κ1) is 22.7. The minimum absolute atomic E-state index is 0.0550. The molecule has 0 saturated carbocycles. The Kier molecular flexibility index (Phi) is 7.14. The van der Waals surface area contributed by atoms with E-state index in [1.165, 1.54) is 19.3 Å². The zero-order valence-corrected chi connectivity index (χ0v) is 16.8. The summed E-state index contributed by atoms with van der Waals surface area (Å²) in [6, 6.07) is 8.93. The summed E-state index contributed by atoms with van der Waals surface area (Å²) >= 11 is 6.52. The fourth-order valence-electron chi connectivity index (χ4n) is 3.05. The first-order valence-electron chi connectivity index (χ1n) is 9.18. The summed E-state index contributed by atoms with van der Waals surface area (Å²) in [7, 11) is 1.38. The quantitative estimate of drug-likeness (QED) is 0.360. The Balaban J connectivity index is 1.66. The number of ether oxygens (including phenoxy) is 4. The van der Waals surface area contributed by atoms with E-state index in [4.69, 9.17) is 30.5 Å². The van der Waals surface area contributed by atoms with Gasteiger partial charge in [-0.2, -0.15) is 0 Å². The van der Waals surface area contributed by atoms with Crippen molar-refractivity contribution >= 4 is 17.6 Å². The molecule has 10 heteroatoms. The molecule has 1 fully saturated rings. The molecule has 1 aromatic carbocycles. The monoisotopic (exact) mass is 442 g/mol. The van der Waals surface area contributed by atoms with Crippen molar-refractivity contribution in [2.45, 2.75) is 42.2 Å². The molecule has 1 aliphatic carbocycles. The van der Waals surface area contributed by atoms with Gasteiger partial charge >= 0.3 is 5.97 Å². The number of rotatable bonds is 6. The number of alkyl halides is 1. The maximum Gasteiger partial charge on any atom is 0.334 e. The van der Waals surface area contributed by atoms with E-state index in [1.807, 2.05) is 6.07 Å². The van der Waals surface area contributed by atoms with Crippen LogP contribution in [0.15, 0.2) is 53.8 Å². The Morgan fingerprint density at radius 2 is 1.83 bits per heavy atom. The molecule has 2 unspecified atom stereocenters. The number of allylic oxidation sites excluding steroid dienone is 2. The van der Waals surface area contributed by atoms with Gasteiger partial charge in [0.1, 0.15) is 36.8 Å². The molecule has 164 valence electrons. The van der Waals surface area contributed by atoms with E-state index in [0.29, 0.717) is 11.5 Å². The number of carbonyl (C=O) groups is 1. The van der Waals surface area contributed by atoms with Crippen LogP contribution in [0.2, 0.25) is 0 Å². The van der Waals surface area contributed by atoms with Crippen LogP contribution in [0, 0.1) is 0 Å². The lowest BCUT2D eigenvalue weighted by molar-refractivity contribution is -0.287. The van der Waals surface area contributed by atoms with Crippen LogP contribution in [0.3, 0.4) is 0 Å². The van der Waals surface area contributed by atoms with Gasteiger partial charge in [-0.1, -0.05) is 29.8 Å². The van der Waals surface area contributed by atoms with E-state index in [9.17, 15) is 25.2 Å². The summed E-state index contributed by atoms with van der Waals surface area (Å²) in [5.41, 5.74) is 0.179. The van der Waals surface area contributed by atoms with E-state index in [2.05, 4.69) is 0 Å². The number of halogens is 1. The molecule has 6 atom stereocenters. The predicted octanol–water partition coefficient (Wildman–Crippen LogP) is 0.204. The van der Waals surface area contributed by atoms with Gasteiger partial charge in [0, 0.05) is 19.1 Å². The van der Waals surface area contributed by atoms with Crippen molar-refractivity contribution < 1.29 is 44.2 Å². The van der Waals surface area contributed by atoms with Gasteiger partial charge in [0.2, 0.25) is 5.06 Å². The van der Waals surface area contributed by atoms with E-state index in [-0.39, 0.29) is 12.0 Å². The number of benzene rings is 1. The summed E-state index contributed by atoms with van der Waals surface area (Å²) in [5.74, 6) is 0.0895. The van der Waals surface area contributed by atoms with Crippen LogP contribution in [0.25, 0.3) is 0 Å². The maximum absolute atomic E-state index is 12.5. The smallest absolute Gasteiger partial charge is 0.334 e. The summed E-state index contributed by atoms with van der Waals surface area (Å²) in [4.78, 5) is 12.5. The lowest BCUT2D eigenvalue weighted by Gasteiger charge is -2.38. The molecule has 1 saturated heterocycles. The topological polar surface area (TPSA) is 135 Å². The van der Waals surface area contributed by atoms with E-state index < -0.39 is 48.3 Å². The maximum atomic E-state index is 12.5. The first-order valence-corrected chi connectivity index (χ1v) is 9.56. The van der Waals surface area contributed by atoms with Crippen molar-refractivity contribution in [2.24, 2.45) is 0 Å². The molecule has 0 spiro atoms. The number of para-hydroxylation sites is 1. The van der Waals surface area contributed by atoms with Crippen LogP contribution in [0.1, 0.15) is 6.42 Å². The van der Waals surface area contributed by atoms with Crippen molar-refractivity contribution in [3.63, 3.8) is 0 Å². The average Bonchev–Trinajstić information content (AvgIpc) is 2.75. The SMILES string of the molecule is COC1(Cl)CC(C(=O)OC[C@H]2OC(O)[C@H](O)[C@@H](O)[C@@H]2O)=CC=C1Oc1ccccc1. The van der Waals surface area contributed by atoms with Crippen LogP contribution >= 0.6 is 11.6 Å². The predicted molar refractivity (Wildman–Crippen MR) is 103 cm³/mol. The van der Waals surface area contributed by atoms with Gasteiger partial charge < -0.3 is 39.4 Å². The zero-order valence-electron chi connectivity index (χ0n) is 16.1. The number of aliphatic hydroxyl groups excluding tert-OH is 4. The Morgan fingerprint density at radius 1 is 1.13 bits per heavy atom. The Labute approximate surface area is 177 Å². The summed E-state index contributed by atoms with van der Waals surface area (Å²) < 4.78 is 21.2. The third-order valence-corrected chi connectivity index (χ3v) is 5.32. The van der Waals surface area contributed by atoms with Crippen LogP contribution in [0.4, 0.5) is 0 Å². The molecular formula is C20H23ClO9. The Bertz CT molecular complexity index is 812. The minimum atomic E-state index is -1.72. The van der Waals surface area contributed by atoms with Crippen LogP contribution in [0.5, 0.6) is 5.75 Å². The summed E-state index contributed by atoms with van der Waals surface area (Å²) in [6.45, 7) is -0.461. The highest BCUT2D eigenvalue weighted by Crippen LogP contribution is 2.38. The first-order chi connectivity index (χ1) is 14.2. The normalized spacial score (nSPS) is 34.0. The highest BCUT2D eigenvalue weighted by atomic mass is 35.5.